The number of thiazole rings is 1. The van der Waals surface area contributed by atoms with Crippen LogP contribution in [0.25, 0.3) is 21.7 Å². The number of anilines is 1. The molecule has 1 fully saturated rings. The Labute approximate surface area is 171 Å². The van der Waals surface area contributed by atoms with Crippen LogP contribution < -0.4 is 15.8 Å². The Kier molecular flexibility index (Phi) is 5.91. The van der Waals surface area contributed by atoms with Crippen molar-refractivity contribution in [2.45, 2.75) is 25.8 Å². The molecule has 1 N–H and O–H groups in total. The number of furan rings is 1. The molecule has 1 amide bonds. The minimum atomic E-state index is -0.378. The Hall–Kier alpha value is -2.72. The standard InChI is InChI=1S/C19H23N5O4S/c1-27-11-7-20-14(25)12-24-18(26)16-17(15(22-24)13-6-5-10-28-13)29-19(21-16)23-8-3-2-4-9-23/h5-6,10H,2-4,7-9,11-12H2,1H3,(H,20,25). The Morgan fingerprint density at radius 1 is 1.34 bits per heavy atom. The molecule has 3 aromatic heterocycles. The highest BCUT2D eigenvalue weighted by Crippen LogP contribution is 2.34. The van der Waals surface area contributed by atoms with Crippen LogP contribution in [0.4, 0.5) is 5.13 Å². The zero-order chi connectivity index (χ0) is 20.2. The molecule has 0 spiro atoms. The summed E-state index contributed by atoms with van der Waals surface area (Å²) < 4.78 is 12.3. The molecule has 1 aliphatic rings. The Morgan fingerprint density at radius 3 is 2.90 bits per heavy atom. The molecule has 10 heteroatoms. The van der Waals surface area contributed by atoms with E-state index in [9.17, 15) is 9.59 Å². The van der Waals surface area contributed by atoms with Gasteiger partial charge in [-0.3, -0.25) is 9.59 Å². The lowest BCUT2D eigenvalue weighted by molar-refractivity contribution is -0.122. The summed E-state index contributed by atoms with van der Waals surface area (Å²) in [6.45, 7) is 2.44. The minimum absolute atomic E-state index is 0.192. The van der Waals surface area contributed by atoms with Crippen LogP contribution in [0.3, 0.4) is 0 Å². The molecule has 4 heterocycles. The lowest BCUT2D eigenvalue weighted by Gasteiger charge is -2.25. The molecule has 0 aliphatic carbocycles. The normalized spacial score (nSPS) is 14.4. The van der Waals surface area contributed by atoms with Crippen LogP contribution in [-0.2, 0) is 16.1 Å². The van der Waals surface area contributed by atoms with Gasteiger partial charge in [-0.15, -0.1) is 0 Å². The van der Waals surface area contributed by atoms with Gasteiger partial charge in [0.1, 0.15) is 12.2 Å². The first-order chi connectivity index (χ1) is 14.2. The van der Waals surface area contributed by atoms with Gasteiger partial charge in [0, 0.05) is 26.7 Å². The number of nitrogens with one attached hydrogen (secondary N) is 1. The lowest BCUT2D eigenvalue weighted by atomic mass is 10.1. The number of hydrogen-bond acceptors (Lipinski definition) is 8. The van der Waals surface area contributed by atoms with E-state index in [0.717, 1.165) is 35.7 Å². The molecule has 0 radical (unpaired) electrons. The number of amides is 1. The molecule has 0 saturated carbocycles. The first kappa shape index (κ1) is 19.6. The fraction of sp³-hybridized carbons (Fsp3) is 0.474. The summed E-state index contributed by atoms with van der Waals surface area (Å²) in [5.41, 5.74) is 0.466. The second kappa shape index (κ2) is 8.75. The number of hydrogen-bond donors (Lipinski definition) is 1. The monoisotopic (exact) mass is 417 g/mol. The van der Waals surface area contributed by atoms with Crippen molar-refractivity contribution >= 4 is 32.6 Å². The maximum absolute atomic E-state index is 13.0. The Morgan fingerprint density at radius 2 is 2.17 bits per heavy atom. The largest absolute Gasteiger partial charge is 0.463 e. The molecule has 0 unspecified atom stereocenters. The third-order valence-corrected chi connectivity index (χ3v) is 5.91. The SMILES string of the molecule is COCCNC(=O)Cn1nc(-c2ccco2)c2sc(N3CCCCC3)nc2c1=O. The summed E-state index contributed by atoms with van der Waals surface area (Å²) in [5, 5.41) is 7.96. The maximum atomic E-state index is 13.0. The second-order valence-electron chi connectivity index (χ2n) is 6.85. The lowest BCUT2D eigenvalue weighted by Crippen LogP contribution is -2.35. The van der Waals surface area contributed by atoms with Crippen molar-refractivity contribution in [1.82, 2.24) is 20.1 Å². The average molecular weight is 417 g/mol. The van der Waals surface area contributed by atoms with Crippen molar-refractivity contribution in [2.24, 2.45) is 0 Å². The fourth-order valence-electron chi connectivity index (χ4n) is 3.33. The summed E-state index contributed by atoms with van der Waals surface area (Å²) >= 11 is 1.45. The molecular formula is C19H23N5O4S. The smallest absolute Gasteiger partial charge is 0.294 e. The van der Waals surface area contributed by atoms with Gasteiger partial charge >= 0.3 is 0 Å². The van der Waals surface area contributed by atoms with E-state index in [4.69, 9.17) is 9.15 Å². The number of ether oxygens (including phenoxy) is 1. The van der Waals surface area contributed by atoms with Crippen LogP contribution in [0.15, 0.2) is 27.6 Å². The first-order valence-electron chi connectivity index (χ1n) is 9.63. The van der Waals surface area contributed by atoms with E-state index >= 15 is 0 Å². The molecule has 29 heavy (non-hydrogen) atoms. The number of aromatic nitrogens is 3. The number of carbonyl (C=O) groups is 1. The van der Waals surface area contributed by atoms with Gasteiger partial charge in [-0.05, 0) is 31.4 Å². The second-order valence-corrected chi connectivity index (χ2v) is 7.83. The third-order valence-electron chi connectivity index (χ3n) is 4.79. The predicted molar refractivity (Wildman–Crippen MR) is 110 cm³/mol. The molecule has 154 valence electrons. The van der Waals surface area contributed by atoms with Crippen molar-refractivity contribution in [3.05, 3.63) is 28.7 Å². The Balaban J connectivity index is 1.73. The van der Waals surface area contributed by atoms with Crippen molar-refractivity contribution in [1.29, 1.82) is 0 Å². The Bertz CT molecular complexity index is 1040. The van der Waals surface area contributed by atoms with E-state index in [1.54, 1.807) is 25.5 Å². The number of fused-ring (bicyclic) bond motifs is 1. The fourth-order valence-corrected chi connectivity index (χ4v) is 4.43. The van der Waals surface area contributed by atoms with Gasteiger partial charge < -0.3 is 19.4 Å². The highest BCUT2D eigenvalue weighted by molar-refractivity contribution is 7.22. The molecule has 0 aromatic carbocycles. The molecule has 9 nitrogen and oxygen atoms in total. The van der Waals surface area contributed by atoms with Crippen LogP contribution >= 0.6 is 11.3 Å². The highest BCUT2D eigenvalue weighted by atomic mass is 32.1. The summed E-state index contributed by atoms with van der Waals surface area (Å²) in [7, 11) is 1.56. The van der Waals surface area contributed by atoms with Crippen molar-refractivity contribution in [3.8, 4) is 11.5 Å². The van der Waals surface area contributed by atoms with Gasteiger partial charge in [0.05, 0.1) is 17.6 Å². The van der Waals surface area contributed by atoms with E-state index < -0.39 is 0 Å². The van der Waals surface area contributed by atoms with E-state index in [0.29, 0.717) is 34.8 Å². The van der Waals surface area contributed by atoms with Gasteiger partial charge in [0.2, 0.25) is 5.91 Å². The third kappa shape index (κ3) is 4.18. The highest BCUT2D eigenvalue weighted by Gasteiger charge is 2.22. The average Bonchev–Trinajstić information content (AvgIpc) is 3.41. The molecule has 0 atom stereocenters. The molecule has 0 bridgehead atoms. The van der Waals surface area contributed by atoms with Gasteiger partial charge in [0.15, 0.2) is 16.4 Å². The van der Waals surface area contributed by atoms with Gasteiger partial charge in [-0.1, -0.05) is 11.3 Å². The summed E-state index contributed by atoms with van der Waals surface area (Å²) in [6, 6.07) is 3.55. The molecule has 1 aliphatic heterocycles. The number of rotatable bonds is 7. The van der Waals surface area contributed by atoms with Crippen molar-refractivity contribution < 1.29 is 13.9 Å². The van der Waals surface area contributed by atoms with Crippen molar-refractivity contribution in [3.63, 3.8) is 0 Å². The molecule has 3 aromatic rings. The number of piperidine rings is 1. The van der Waals surface area contributed by atoms with Crippen LogP contribution in [0.5, 0.6) is 0 Å². The van der Waals surface area contributed by atoms with Gasteiger partial charge in [0.25, 0.3) is 5.56 Å². The zero-order valence-corrected chi connectivity index (χ0v) is 17.0. The molecular weight excluding hydrogens is 394 g/mol. The number of nitrogens with zero attached hydrogens (tertiary/aromatic N) is 4. The summed E-state index contributed by atoms with van der Waals surface area (Å²) in [5.74, 6) is 0.227. The summed E-state index contributed by atoms with van der Waals surface area (Å²) in [4.78, 5) is 32.0. The topological polar surface area (TPSA) is 102 Å². The molecule has 4 rings (SSSR count). The van der Waals surface area contributed by atoms with E-state index in [2.05, 4.69) is 20.3 Å². The minimum Gasteiger partial charge on any atom is -0.463 e. The quantitative estimate of drug-likeness (QED) is 0.586. The van der Waals surface area contributed by atoms with E-state index in [1.165, 1.54) is 17.8 Å². The first-order valence-corrected chi connectivity index (χ1v) is 10.4. The van der Waals surface area contributed by atoms with Crippen LogP contribution in [0, 0.1) is 0 Å². The van der Waals surface area contributed by atoms with Gasteiger partial charge in [-0.2, -0.15) is 5.10 Å². The van der Waals surface area contributed by atoms with Gasteiger partial charge in [-0.25, -0.2) is 9.67 Å². The van der Waals surface area contributed by atoms with Crippen LogP contribution in [-0.4, -0.2) is 54.0 Å². The van der Waals surface area contributed by atoms with Crippen molar-refractivity contribution in [2.75, 3.05) is 38.3 Å². The maximum Gasteiger partial charge on any atom is 0.294 e. The van der Waals surface area contributed by atoms with Crippen LogP contribution in [0.2, 0.25) is 0 Å². The van der Waals surface area contributed by atoms with Crippen LogP contribution in [0.1, 0.15) is 19.3 Å². The number of methoxy groups -OCH3 is 1. The zero-order valence-electron chi connectivity index (χ0n) is 16.2. The van der Waals surface area contributed by atoms with E-state index in [-0.39, 0.29) is 18.0 Å². The summed E-state index contributed by atoms with van der Waals surface area (Å²) in [6.07, 6.45) is 5.00. The predicted octanol–water partition coefficient (Wildman–Crippen LogP) is 1.87. The van der Waals surface area contributed by atoms with E-state index in [1.807, 2.05) is 0 Å². The molecule has 1 saturated heterocycles. The number of carbonyl (C=O) groups excluding carboxylic acids is 1.